The molecule has 220 valence electrons. The van der Waals surface area contributed by atoms with Gasteiger partial charge in [0, 0.05) is 24.2 Å². The monoisotopic (exact) mass is 601 g/mol. The average molecular weight is 602 g/mol. The van der Waals surface area contributed by atoms with Gasteiger partial charge in [0.2, 0.25) is 11.8 Å². The first-order chi connectivity index (χ1) is 19.6. The van der Waals surface area contributed by atoms with Crippen LogP contribution in [0.25, 0.3) is 0 Å². The standard InChI is InChI=1S/C30H36ClN3O6S/c1-6-26(30(36)32-7-2)33(19-22-10-8-9-11-25(22)31)29(35)20-34(23-14-17-27(39-4)28(18-23)40-5)41(37,38)24-15-12-21(3)13-16-24/h8-18,26H,6-7,19-20H2,1-5H3,(H,32,36). The summed E-state index contributed by atoms with van der Waals surface area (Å²) in [5, 5.41) is 3.21. The van der Waals surface area contributed by atoms with E-state index in [-0.39, 0.29) is 23.0 Å². The number of aryl methyl sites for hydroxylation is 1. The Balaban J connectivity index is 2.13. The summed E-state index contributed by atoms with van der Waals surface area (Å²) < 4.78 is 39.8. The van der Waals surface area contributed by atoms with Crippen LogP contribution in [0.2, 0.25) is 5.02 Å². The molecule has 0 saturated heterocycles. The molecule has 0 radical (unpaired) electrons. The van der Waals surface area contributed by atoms with Crippen LogP contribution in [0, 0.1) is 6.92 Å². The van der Waals surface area contributed by atoms with Gasteiger partial charge in [-0.3, -0.25) is 13.9 Å². The maximum atomic E-state index is 14.1. The summed E-state index contributed by atoms with van der Waals surface area (Å²) in [5.41, 5.74) is 1.71. The van der Waals surface area contributed by atoms with E-state index in [2.05, 4.69) is 5.32 Å². The molecule has 1 atom stereocenters. The largest absolute Gasteiger partial charge is 0.493 e. The van der Waals surface area contributed by atoms with Crippen LogP contribution in [-0.4, -0.2) is 58.5 Å². The number of benzene rings is 3. The molecule has 9 nitrogen and oxygen atoms in total. The molecule has 41 heavy (non-hydrogen) atoms. The van der Waals surface area contributed by atoms with Gasteiger partial charge in [0.25, 0.3) is 10.0 Å². The lowest BCUT2D eigenvalue weighted by Crippen LogP contribution is -2.52. The molecule has 3 aromatic rings. The molecular weight excluding hydrogens is 566 g/mol. The lowest BCUT2D eigenvalue weighted by molar-refractivity contribution is -0.140. The fourth-order valence-corrected chi connectivity index (χ4v) is 5.97. The second-order valence-corrected chi connectivity index (χ2v) is 11.6. The molecule has 0 fully saturated rings. The van der Waals surface area contributed by atoms with Crippen molar-refractivity contribution in [3.05, 3.63) is 82.9 Å². The minimum Gasteiger partial charge on any atom is -0.493 e. The molecule has 11 heteroatoms. The summed E-state index contributed by atoms with van der Waals surface area (Å²) in [4.78, 5) is 28.5. The molecule has 0 aromatic heterocycles. The van der Waals surface area contributed by atoms with Crippen LogP contribution in [0.1, 0.15) is 31.4 Å². The number of amides is 2. The van der Waals surface area contributed by atoms with E-state index in [1.165, 1.54) is 37.3 Å². The van der Waals surface area contributed by atoms with Crippen molar-refractivity contribution in [1.82, 2.24) is 10.2 Å². The van der Waals surface area contributed by atoms with E-state index >= 15 is 0 Å². The third-order valence-electron chi connectivity index (χ3n) is 6.58. The van der Waals surface area contributed by atoms with Crippen molar-refractivity contribution in [2.24, 2.45) is 0 Å². The normalized spacial score (nSPS) is 11.9. The fourth-order valence-electron chi connectivity index (χ4n) is 4.37. The van der Waals surface area contributed by atoms with Gasteiger partial charge in [-0.1, -0.05) is 54.4 Å². The zero-order chi connectivity index (χ0) is 30.2. The van der Waals surface area contributed by atoms with Crippen LogP contribution >= 0.6 is 11.6 Å². The first-order valence-electron chi connectivity index (χ1n) is 13.2. The van der Waals surface area contributed by atoms with Crippen molar-refractivity contribution >= 4 is 39.1 Å². The van der Waals surface area contributed by atoms with Crippen molar-refractivity contribution in [3.8, 4) is 11.5 Å². The number of ether oxygens (including phenoxy) is 2. The molecule has 0 saturated carbocycles. The zero-order valence-corrected chi connectivity index (χ0v) is 25.5. The van der Waals surface area contributed by atoms with Gasteiger partial charge in [-0.2, -0.15) is 0 Å². The van der Waals surface area contributed by atoms with Crippen molar-refractivity contribution in [1.29, 1.82) is 0 Å². The van der Waals surface area contributed by atoms with E-state index in [1.54, 1.807) is 62.4 Å². The predicted molar refractivity (Wildman–Crippen MR) is 160 cm³/mol. The predicted octanol–water partition coefficient (Wildman–Crippen LogP) is 4.80. The van der Waals surface area contributed by atoms with Crippen molar-refractivity contribution < 1.29 is 27.5 Å². The van der Waals surface area contributed by atoms with Crippen LogP contribution in [0.4, 0.5) is 5.69 Å². The third-order valence-corrected chi connectivity index (χ3v) is 8.74. The van der Waals surface area contributed by atoms with Gasteiger partial charge in [-0.25, -0.2) is 8.42 Å². The number of hydrogen-bond acceptors (Lipinski definition) is 6. The topological polar surface area (TPSA) is 105 Å². The number of nitrogens with zero attached hydrogens (tertiary/aromatic N) is 2. The Morgan fingerprint density at radius 2 is 1.61 bits per heavy atom. The number of hydrogen-bond donors (Lipinski definition) is 1. The van der Waals surface area contributed by atoms with Gasteiger partial charge in [0.05, 0.1) is 24.8 Å². The summed E-state index contributed by atoms with van der Waals surface area (Å²) in [6, 6.07) is 17.1. The van der Waals surface area contributed by atoms with Gasteiger partial charge in [0.15, 0.2) is 11.5 Å². The SMILES string of the molecule is CCNC(=O)C(CC)N(Cc1ccccc1Cl)C(=O)CN(c1ccc(OC)c(OC)c1)S(=O)(=O)c1ccc(C)cc1. The molecule has 3 aromatic carbocycles. The first kappa shape index (κ1) is 31.8. The second kappa shape index (κ2) is 14.2. The number of carbonyl (C=O) groups excluding carboxylic acids is 2. The minimum absolute atomic E-state index is 0.0124. The number of nitrogens with one attached hydrogen (secondary N) is 1. The molecule has 0 aliphatic carbocycles. The molecular formula is C30H36ClN3O6S. The molecule has 0 heterocycles. The van der Waals surface area contributed by atoms with Crippen LogP contribution in [-0.2, 0) is 26.2 Å². The summed E-state index contributed by atoms with van der Waals surface area (Å²) in [5.74, 6) is -0.218. The fraction of sp³-hybridized carbons (Fsp3) is 0.333. The Hall–Kier alpha value is -3.76. The van der Waals surface area contributed by atoms with Crippen LogP contribution in [0.5, 0.6) is 11.5 Å². The van der Waals surface area contributed by atoms with Gasteiger partial charge in [-0.05, 0) is 56.2 Å². The highest BCUT2D eigenvalue weighted by atomic mass is 35.5. The highest BCUT2D eigenvalue weighted by Gasteiger charge is 2.34. The number of likely N-dealkylation sites (N-methyl/N-ethyl adjacent to an activating group) is 1. The molecule has 1 unspecified atom stereocenters. The molecule has 0 aliphatic rings. The maximum absolute atomic E-state index is 14.1. The second-order valence-electron chi connectivity index (χ2n) is 9.30. The van der Waals surface area contributed by atoms with Gasteiger partial charge in [0.1, 0.15) is 12.6 Å². The van der Waals surface area contributed by atoms with Crippen LogP contribution in [0.3, 0.4) is 0 Å². The Bertz CT molecular complexity index is 1460. The summed E-state index contributed by atoms with van der Waals surface area (Å²) in [6.45, 7) is 5.25. The van der Waals surface area contributed by atoms with Crippen molar-refractivity contribution in [2.75, 3.05) is 31.6 Å². The summed E-state index contributed by atoms with van der Waals surface area (Å²) in [7, 11) is -1.31. The molecule has 0 bridgehead atoms. The number of halogens is 1. The summed E-state index contributed by atoms with van der Waals surface area (Å²) >= 11 is 6.42. The van der Waals surface area contributed by atoms with E-state index < -0.39 is 28.5 Å². The van der Waals surface area contributed by atoms with E-state index in [9.17, 15) is 18.0 Å². The number of anilines is 1. The average Bonchev–Trinajstić information content (AvgIpc) is 2.96. The number of carbonyl (C=O) groups is 2. The lowest BCUT2D eigenvalue weighted by Gasteiger charge is -2.33. The van der Waals surface area contributed by atoms with Gasteiger partial charge in [-0.15, -0.1) is 0 Å². The number of rotatable bonds is 13. The summed E-state index contributed by atoms with van der Waals surface area (Å²) in [6.07, 6.45) is 0.309. The van der Waals surface area contributed by atoms with Crippen molar-refractivity contribution in [2.45, 2.75) is 44.7 Å². The van der Waals surface area contributed by atoms with Crippen molar-refractivity contribution in [3.63, 3.8) is 0 Å². The molecule has 1 N–H and O–H groups in total. The van der Waals surface area contributed by atoms with E-state index in [0.29, 0.717) is 35.1 Å². The Labute approximate surface area is 247 Å². The highest BCUT2D eigenvalue weighted by molar-refractivity contribution is 7.92. The Kier molecular flexibility index (Phi) is 11.0. The quantitative estimate of drug-likeness (QED) is 0.302. The Morgan fingerprint density at radius 1 is 0.951 bits per heavy atom. The first-order valence-corrected chi connectivity index (χ1v) is 15.0. The maximum Gasteiger partial charge on any atom is 0.264 e. The van der Waals surface area contributed by atoms with Crippen LogP contribution in [0.15, 0.2) is 71.6 Å². The molecule has 2 amide bonds. The molecule has 0 spiro atoms. The van der Waals surface area contributed by atoms with E-state index in [1.807, 2.05) is 6.92 Å². The lowest BCUT2D eigenvalue weighted by atomic mass is 10.1. The minimum atomic E-state index is -4.23. The Morgan fingerprint density at radius 3 is 2.20 bits per heavy atom. The highest BCUT2D eigenvalue weighted by Crippen LogP contribution is 2.34. The van der Waals surface area contributed by atoms with E-state index in [4.69, 9.17) is 21.1 Å². The smallest absolute Gasteiger partial charge is 0.264 e. The number of methoxy groups -OCH3 is 2. The van der Waals surface area contributed by atoms with E-state index in [0.717, 1.165) is 9.87 Å². The van der Waals surface area contributed by atoms with Crippen LogP contribution < -0.4 is 19.1 Å². The molecule has 3 rings (SSSR count). The number of sulfonamides is 1. The molecule has 0 aliphatic heterocycles. The van der Waals surface area contributed by atoms with Gasteiger partial charge >= 0.3 is 0 Å². The zero-order valence-electron chi connectivity index (χ0n) is 23.9. The third kappa shape index (κ3) is 7.51. The van der Waals surface area contributed by atoms with Gasteiger partial charge < -0.3 is 19.7 Å².